The van der Waals surface area contributed by atoms with Gasteiger partial charge in [0.25, 0.3) is 0 Å². The van der Waals surface area contributed by atoms with E-state index in [0.717, 1.165) is 5.56 Å². The lowest BCUT2D eigenvalue weighted by atomic mass is 10.2. The Morgan fingerprint density at radius 1 is 1.19 bits per heavy atom. The summed E-state index contributed by atoms with van der Waals surface area (Å²) in [4.78, 5) is 24.2. The number of nitrogens with one attached hydrogen (secondary N) is 2. The van der Waals surface area contributed by atoms with Crippen LogP contribution in [0.2, 0.25) is 0 Å². The molecule has 9 heteroatoms. The van der Waals surface area contributed by atoms with Crippen molar-refractivity contribution in [2.75, 3.05) is 0 Å². The second kappa shape index (κ2) is 8.54. The first-order chi connectivity index (χ1) is 13.0. The van der Waals surface area contributed by atoms with Crippen LogP contribution in [-0.4, -0.2) is 32.0 Å². The van der Waals surface area contributed by atoms with E-state index in [1.54, 1.807) is 36.9 Å². The molecule has 0 aliphatic carbocycles. The van der Waals surface area contributed by atoms with Crippen molar-refractivity contribution in [1.29, 1.82) is 0 Å². The van der Waals surface area contributed by atoms with Gasteiger partial charge in [0, 0.05) is 13.6 Å². The fraction of sp³-hybridized carbons (Fsp3) is 0.222. The monoisotopic (exact) mass is 385 g/mol. The molecule has 1 atom stereocenters. The van der Waals surface area contributed by atoms with E-state index in [2.05, 4.69) is 20.8 Å². The minimum atomic E-state index is -0.537. The van der Waals surface area contributed by atoms with Crippen LogP contribution in [0.25, 0.3) is 11.6 Å². The fourth-order valence-electron chi connectivity index (χ4n) is 2.29. The van der Waals surface area contributed by atoms with Crippen molar-refractivity contribution in [3.63, 3.8) is 0 Å². The number of imide groups is 1. The Kier molecular flexibility index (Phi) is 5.92. The first-order valence-corrected chi connectivity index (χ1v) is 9.15. The number of hydrogen-bond donors (Lipinski definition) is 2. The van der Waals surface area contributed by atoms with Gasteiger partial charge in [0.05, 0.1) is 11.5 Å². The molecular weight excluding hydrogens is 366 g/mol. The van der Waals surface area contributed by atoms with Crippen molar-refractivity contribution in [3.8, 4) is 11.6 Å². The molecule has 0 fully saturated rings. The molecular formula is C18H19N5O3S. The van der Waals surface area contributed by atoms with Crippen molar-refractivity contribution in [2.24, 2.45) is 7.05 Å². The van der Waals surface area contributed by atoms with Crippen LogP contribution in [0, 0.1) is 0 Å². The SMILES string of the molecule is C[C@@H](Sc1nnc(-c2ccco2)n1C)C(=O)NC(=O)NCc1ccccc1. The highest BCUT2D eigenvalue weighted by Gasteiger charge is 2.21. The summed E-state index contributed by atoms with van der Waals surface area (Å²) in [6.07, 6.45) is 1.56. The van der Waals surface area contributed by atoms with E-state index in [1.165, 1.54) is 11.8 Å². The topological polar surface area (TPSA) is 102 Å². The van der Waals surface area contributed by atoms with Crippen LogP contribution in [-0.2, 0) is 18.4 Å². The highest BCUT2D eigenvalue weighted by molar-refractivity contribution is 8.00. The number of carbonyl (C=O) groups is 2. The highest BCUT2D eigenvalue weighted by Crippen LogP contribution is 2.25. The van der Waals surface area contributed by atoms with Crippen molar-refractivity contribution < 1.29 is 14.0 Å². The van der Waals surface area contributed by atoms with Gasteiger partial charge in [-0.15, -0.1) is 10.2 Å². The van der Waals surface area contributed by atoms with Gasteiger partial charge in [0.2, 0.25) is 5.91 Å². The number of thioether (sulfide) groups is 1. The van der Waals surface area contributed by atoms with E-state index in [4.69, 9.17) is 4.42 Å². The van der Waals surface area contributed by atoms with Crippen molar-refractivity contribution >= 4 is 23.7 Å². The maximum Gasteiger partial charge on any atom is 0.321 e. The number of rotatable bonds is 6. The van der Waals surface area contributed by atoms with E-state index >= 15 is 0 Å². The molecule has 3 rings (SSSR count). The van der Waals surface area contributed by atoms with Crippen LogP contribution in [0.15, 0.2) is 58.3 Å². The van der Waals surface area contributed by atoms with Crippen LogP contribution >= 0.6 is 11.8 Å². The van der Waals surface area contributed by atoms with E-state index in [0.29, 0.717) is 23.3 Å². The minimum absolute atomic E-state index is 0.345. The Labute approximate surface area is 160 Å². The number of hydrogen-bond acceptors (Lipinski definition) is 6. The van der Waals surface area contributed by atoms with Gasteiger partial charge < -0.3 is 14.3 Å². The van der Waals surface area contributed by atoms with Crippen LogP contribution in [0.4, 0.5) is 4.79 Å². The molecule has 3 amide bonds. The first-order valence-electron chi connectivity index (χ1n) is 8.27. The molecule has 2 heterocycles. The zero-order chi connectivity index (χ0) is 19.2. The van der Waals surface area contributed by atoms with Gasteiger partial charge in [-0.25, -0.2) is 4.79 Å². The molecule has 3 aromatic rings. The quantitative estimate of drug-likeness (QED) is 0.633. The fourth-order valence-corrected chi connectivity index (χ4v) is 3.10. The van der Waals surface area contributed by atoms with Gasteiger partial charge in [-0.3, -0.25) is 10.1 Å². The largest absolute Gasteiger partial charge is 0.461 e. The Bertz CT molecular complexity index is 908. The zero-order valence-electron chi connectivity index (χ0n) is 14.9. The van der Waals surface area contributed by atoms with Crippen LogP contribution < -0.4 is 10.6 Å². The number of urea groups is 1. The molecule has 2 aromatic heterocycles. The van der Waals surface area contributed by atoms with Crippen molar-refractivity contribution in [3.05, 3.63) is 54.3 Å². The first kappa shape index (κ1) is 18.7. The van der Waals surface area contributed by atoms with E-state index in [-0.39, 0.29) is 0 Å². The number of nitrogens with zero attached hydrogens (tertiary/aromatic N) is 3. The lowest BCUT2D eigenvalue weighted by molar-refractivity contribution is -0.119. The lowest BCUT2D eigenvalue weighted by Crippen LogP contribution is -2.42. The number of furan rings is 1. The third-order valence-electron chi connectivity index (χ3n) is 3.76. The summed E-state index contributed by atoms with van der Waals surface area (Å²) in [5.74, 6) is 0.748. The summed E-state index contributed by atoms with van der Waals surface area (Å²) in [5, 5.41) is 13.2. The maximum absolute atomic E-state index is 12.2. The number of aromatic nitrogens is 3. The summed E-state index contributed by atoms with van der Waals surface area (Å²) in [6.45, 7) is 2.04. The number of benzene rings is 1. The van der Waals surface area contributed by atoms with Gasteiger partial charge in [0.15, 0.2) is 16.7 Å². The van der Waals surface area contributed by atoms with Gasteiger partial charge in [0.1, 0.15) is 0 Å². The van der Waals surface area contributed by atoms with E-state index in [9.17, 15) is 9.59 Å². The van der Waals surface area contributed by atoms with Crippen molar-refractivity contribution in [1.82, 2.24) is 25.4 Å². The highest BCUT2D eigenvalue weighted by atomic mass is 32.2. The lowest BCUT2D eigenvalue weighted by Gasteiger charge is -2.11. The van der Waals surface area contributed by atoms with Crippen molar-refractivity contribution in [2.45, 2.75) is 23.9 Å². The molecule has 0 bridgehead atoms. The average Bonchev–Trinajstić information content (AvgIpc) is 3.31. The van der Waals surface area contributed by atoms with Crippen LogP contribution in [0.3, 0.4) is 0 Å². The third-order valence-corrected chi connectivity index (χ3v) is 4.89. The molecule has 0 aliphatic heterocycles. The predicted octanol–water partition coefficient (Wildman–Crippen LogP) is 2.58. The summed E-state index contributed by atoms with van der Waals surface area (Å²) in [6, 6.07) is 12.5. The second-order valence-corrected chi connectivity index (χ2v) is 7.07. The summed E-state index contributed by atoms with van der Waals surface area (Å²) in [7, 11) is 1.79. The Morgan fingerprint density at radius 3 is 2.67 bits per heavy atom. The number of carbonyl (C=O) groups excluding carboxylic acids is 2. The Balaban J connectivity index is 1.52. The van der Waals surface area contributed by atoms with Gasteiger partial charge in [-0.05, 0) is 24.6 Å². The standard InChI is InChI=1S/C18H19N5O3S/c1-12(16(24)20-17(25)19-11-13-7-4-3-5-8-13)27-18-22-21-15(23(18)2)14-9-6-10-26-14/h3-10,12H,11H2,1-2H3,(H2,19,20,24,25)/t12-/m1/s1. The van der Waals surface area contributed by atoms with Crippen LogP contribution in [0.5, 0.6) is 0 Å². The molecule has 0 aliphatic rings. The molecule has 27 heavy (non-hydrogen) atoms. The molecule has 0 unspecified atom stereocenters. The van der Waals surface area contributed by atoms with Gasteiger partial charge in [-0.1, -0.05) is 42.1 Å². The average molecular weight is 385 g/mol. The molecule has 140 valence electrons. The zero-order valence-corrected chi connectivity index (χ0v) is 15.7. The summed E-state index contributed by atoms with van der Waals surface area (Å²) < 4.78 is 7.06. The molecule has 0 saturated heterocycles. The summed E-state index contributed by atoms with van der Waals surface area (Å²) >= 11 is 1.21. The van der Waals surface area contributed by atoms with Crippen LogP contribution in [0.1, 0.15) is 12.5 Å². The normalized spacial score (nSPS) is 11.8. The molecule has 0 radical (unpaired) electrons. The Hall–Kier alpha value is -3.07. The number of amides is 3. The van der Waals surface area contributed by atoms with Gasteiger partial charge >= 0.3 is 6.03 Å². The van der Waals surface area contributed by atoms with E-state index in [1.807, 2.05) is 30.3 Å². The Morgan fingerprint density at radius 2 is 1.96 bits per heavy atom. The maximum atomic E-state index is 12.2. The molecule has 0 saturated carbocycles. The molecule has 8 nitrogen and oxygen atoms in total. The second-order valence-electron chi connectivity index (χ2n) is 5.76. The minimum Gasteiger partial charge on any atom is -0.461 e. The third kappa shape index (κ3) is 4.76. The molecule has 2 N–H and O–H groups in total. The van der Waals surface area contributed by atoms with Gasteiger partial charge in [-0.2, -0.15) is 0 Å². The molecule has 1 aromatic carbocycles. The van der Waals surface area contributed by atoms with E-state index < -0.39 is 17.2 Å². The summed E-state index contributed by atoms with van der Waals surface area (Å²) in [5.41, 5.74) is 0.951. The smallest absolute Gasteiger partial charge is 0.321 e. The molecule has 0 spiro atoms. The predicted molar refractivity (Wildman–Crippen MR) is 101 cm³/mol.